The average Bonchev–Trinajstić information content (AvgIpc) is 3.12. The Morgan fingerprint density at radius 1 is 0.851 bits per heavy atom. The van der Waals surface area contributed by atoms with Crippen LogP contribution >= 0.6 is 0 Å². The van der Waals surface area contributed by atoms with E-state index in [4.69, 9.17) is 5.11 Å². The van der Waals surface area contributed by atoms with Gasteiger partial charge in [-0.2, -0.15) is 0 Å². The largest absolute Gasteiger partial charge is 0.479 e. The van der Waals surface area contributed by atoms with Crippen LogP contribution in [-0.2, 0) is 11.3 Å². The van der Waals surface area contributed by atoms with E-state index in [2.05, 4.69) is 35.4 Å². The number of urea groups is 1. The number of hydrogen-bond acceptors (Lipinski definition) is 4. The Labute approximate surface area is 275 Å². The minimum absolute atomic E-state index is 0.220. The maximum atomic E-state index is 14.1. The lowest BCUT2D eigenvalue weighted by molar-refractivity contribution is -0.146. The number of allylic oxidation sites excluding steroid dienone is 2. The number of benzene rings is 4. The average molecular weight is 630 g/mol. The number of nitrogens with one attached hydrogen (secondary N) is 2. The number of amides is 3. The minimum atomic E-state index is -1.69. The van der Waals surface area contributed by atoms with Gasteiger partial charge in [-0.15, -0.1) is 6.58 Å². The molecule has 4 aromatic carbocycles. The third-order valence-electron chi connectivity index (χ3n) is 8.28. The van der Waals surface area contributed by atoms with Gasteiger partial charge in [-0.3, -0.25) is 9.69 Å². The summed E-state index contributed by atoms with van der Waals surface area (Å²) in [6, 6.07) is 31.9. The lowest BCUT2D eigenvalue weighted by atomic mass is 9.93. The molecule has 0 aliphatic heterocycles. The fraction of sp³-hybridized carbons (Fsp3) is 0.205. The molecule has 0 heterocycles. The van der Waals surface area contributed by atoms with Crippen LogP contribution in [0.4, 0.5) is 10.5 Å². The first-order valence-electron chi connectivity index (χ1n) is 15.8. The van der Waals surface area contributed by atoms with Gasteiger partial charge in [-0.25, -0.2) is 9.59 Å². The van der Waals surface area contributed by atoms with Gasteiger partial charge >= 0.3 is 12.0 Å². The molecule has 2 atom stereocenters. The van der Waals surface area contributed by atoms with Crippen molar-refractivity contribution in [2.24, 2.45) is 0 Å². The SMILES string of the molecule is C=CC(NC(=O)N(Cc1ccc(C(=O)NC[C@@H](O)C(=O)O)cc1)c1ccc(C2=CCCCC2)cc1)c1ccccc1-c1ccccc1. The van der Waals surface area contributed by atoms with Crippen molar-refractivity contribution in [2.75, 3.05) is 11.4 Å². The molecule has 0 saturated heterocycles. The number of carbonyl (C=O) groups excluding carboxylic acids is 2. The Kier molecular flexibility index (Phi) is 11.0. The topological polar surface area (TPSA) is 119 Å². The molecule has 0 aromatic heterocycles. The van der Waals surface area contributed by atoms with E-state index in [0.717, 1.165) is 40.7 Å². The summed E-state index contributed by atoms with van der Waals surface area (Å²) in [7, 11) is 0. The molecule has 4 N–H and O–H groups in total. The molecule has 0 spiro atoms. The van der Waals surface area contributed by atoms with E-state index in [1.54, 1.807) is 35.2 Å². The monoisotopic (exact) mass is 629 g/mol. The Bertz CT molecular complexity index is 1730. The van der Waals surface area contributed by atoms with E-state index >= 15 is 0 Å². The number of aliphatic hydroxyl groups is 1. The fourth-order valence-corrected chi connectivity index (χ4v) is 5.68. The molecule has 0 radical (unpaired) electrons. The smallest absolute Gasteiger partial charge is 0.334 e. The van der Waals surface area contributed by atoms with E-state index in [1.165, 1.54) is 18.4 Å². The summed E-state index contributed by atoms with van der Waals surface area (Å²) < 4.78 is 0. The third-order valence-corrected chi connectivity index (χ3v) is 8.28. The van der Waals surface area contributed by atoms with E-state index in [9.17, 15) is 19.5 Å². The number of anilines is 1. The van der Waals surface area contributed by atoms with Crippen molar-refractivity contribution in [1.82, 2.24) is 10.6 Å². The molecule has 8 nitrogen and oxygen atoms in total. The fourth-order valence-electron chi connectivity index (χ4n) is 5.68. The summed E-state index contributed by atoms with van der Waals surface area (Å²) in [6.45, 7) is 3.85. The summed E-state index contributed by atoms with van der Waals surface area (Å²) in [5.74, 6) is -1.92. The summed E-state index contributed by atoms with van der Waals surface area (Å²) in [4.78, 5) is 39.2. The highest BCUT2D eigenvalue weighted by Gasteiger charge is 2.22. The number of carboxylic acids is 1. The van der Waals surface area contributed by atoms with Gasteiger partial charge in [0.1, 0.15) is 0 Å². The zero-order valence-corrected chi connectivity index (χ0v) is 26.1. The van der Waals surface area contributed by atoms with Gasteiger partial charge in [0.2, 0.25) is 0 Å². The second-order valence-electron chi connectivity index (χ2n) is 11.5. The van der Waals surface area contributed by atoms with Crippen LogP contribution in [0.25, 0.3) is 16.7 Å². The molecule has 8 heteroatoms. The number of nitrogens with zero attached hydrogens (tertiary/aromatic N) is 1. The van der Waals surface area contributed by atoms with Crippen LogP contribution in [-0.4, -0.2) is 40.8 Å². The zero-order valence-electron chi connectivity index (χ0n) is 26.1. The molecular weight excluding hydrogens is 590 g/mol. The lowest BCUT2D eigenvalue weighted by Gasteiger charge is -2.27. The number of aliphatic hydroxyl groups excluding tert-OH is 1. The van der Waals surface area contributed by atoms with E-state index in [-0.39, 0.29) is 12.6 Å². The van der Waals surface area contributed by atoms with E-state index in [0.29, 0.717) is 11.3 Å². The summed E-state index contributed by atoms with van der Waals surface area (Å²) in [5, 5.41) is 23.9. The molecule has 3 amide bonds. The van der Waals surface area contributed by atoms with E-state index in [1.807, 2.05) is 66.7 Å². The van der Waals surface area contributed by atoms with Crippen LogP contribution in [0.2, 0.25) is 0 Å². The maximum absolute atomic E-state index is 14.1. The quantitative estimate of drug-likeness (QED) is 0.124. The summed E-state index contributed by atoms with van der Waals surface area (Å²) in [6.07, 6.45) is 6.83. The molecule has 4 aromatic rings. The van der Waals surface area contributed by atoms with Crippen LogP contribution in [0.1, 0.15) is 58.8 Å². The van der Waals surface area contributed by atoms with Crippen molar-refractivity contribution in [3.05, 3.63) is 144 Å². The van der Waals surface area contributed by atoms with Crippen molar-refractivity contribution in [1.29, 1.82) is 0 Å². The van der Waals surface area contributed by atoms with Crippen LogP contribution < -0.4 is 15.5 Å². The van der Waals surface area contributed by atoms with Gasteiger partial charge in [0.05, 0.1) is 19.1 Å². The molecule has 240 valence electrons. The third kappa shape index (κ3) is 8.42. The number of carbonyl (C=O) groups is 3. The van der Waals surface area contributed by atoms with Crippen molar-refractivity contribution >= 4 is 29.2 Å². The van der Waals surface area contributed by atoms with Crippen LogP contribution in [0.3, 0.4) is 0 Å². The standard InChI is InChI=1S/C39H39N3O5/c1-2-35(34-16-10-9-15-33(34)30-13-7-4-8-14-30)41-39(47)42(32-23-21-29(22-24-32)28-11-5-3-6-12-28)26-27-17-19-31(20-18-27)37(44)40-25-36(43)38(45)46/h2,4,7-11,13-24,35-36,43H,1,3,5-6,12,25-26H2,(H,40,44)(H,41,47)(H,45,46)/t35?,36-/m1/s1. The van der Waals surface area contributed by atoms with Crippen molar-refractivity contribution in [3.63, 3.8) is 0 Å². The number of aliphatic carboxylic acids is 1. The van der Waals surface area contributed by atoms with Crippen LogP contribution in [0.5, 0.6) is 0 Å². The van der Waals surface area contributed by atoms with Gasteiger partial charge in [0, 0.05) is 11.3 Å². The lowest BCUT2D eigenvalue weighted by Crippen LogP contribution is -2.41. The molecule has 0 bridgehead atoms. The summed E-state index contributed by atoms with van der Waals surface area (Å²) in [5.41, 5.74) is 7.23. The number of rotatable bonds is 12. The predicted molar refractivity (Wildman–Crippen MR) is 185 cm³/mol. The van der Waals surface area contributed by atoms with Crippen molar-refractivity contribution in [2.45, 2.75) is 44.4 Å². The Morgan fingerprint density at radius 2 is 1.55 bits per heavy atom. The van der Waals surface area contributed by atoms with Crippen LogP contribution in [0.15, 0.2) is 122 Å². The maximum Gasteiger partial charge on any atom is 0.334 e. The highest BCUT2D eigenvalue weighted by molar-refractivity contribution is 5.95. The molecule has 47 heavy (non-hydrogen) atoms. The second-order valence-corrected chi connectivity index (χ2v) is 11.5. The molecular formula is C39H39N3O5. The Balaban J connectivity index is 1.40. The molecule has 1 unspecified atom stereocenters. The zero-order chi connectivity index (χ0) is 33.2. The molecule has 5 rings (SSSR count). The normalized spacial score (nSPS) is 13.9. The first-order chi connectivity index (χ1) is 22.8. The Hall–Kier alpha value is -5.47. The molecule has 1 aliphatic rings. The summed E-state index contributed by atoms with van der Waals surface area (Å²) >= 11 is 0. The van der Waals surface area contributed by atoms with Gasteiger partial charge < -0.3 is 20.8 Å². The van der Waals surface area contributed by atoms with Crippen molar-refractivity contribution in [3.8, 4) is 11.1 Å². The minimum Gasteiger partial charge on any atom is -0.479 e. The second kappa shape index (κ2) is 15.7. The highest BCUT2D eigenvalue weighted by atomic mass is 16.4. The highest BCUT2D eigenvalue weighted by Crippen LogP contribution is 2.31. The molecule has 0 saturated carbocycles. The Morgan fingerprint density at radius 3 is 2.21 bits per heavy atom. The van der Waals surface area contributed by atoms with Crippen LogP contribution in [0, 0.1) is 0 Å². The number of hydrogen-bond donors (Lipinski definition) is 4. The molecule has 1 aliphatic carbocycles. The van der Waals surface area contributed by atoms with Gasteiger partial charge in [-0.05, 0) is 83.3 Å². The molecule has 0 fully saturated rings. The van der Waals surface area contributed by atoms with Gasteiger partial charge in [0.15, 0.2) is 6.10 Å². The predicted octanol–water partition coefficient (Wildman–Crippen LogP) is 7.13. The van der Waals surface area contributed by atoms with E-state index < -0.39 is 30.6 Å². The first kappa shape index (κ1) is 32.9. The first-order valence-corrected chi connectivity index (χ1v) is 15.8. The van der Waals surface area contributed by atoms with Gasteiger partial charge in [0.25, 0.3) is 5.91 Å². The number of carboxylic acid groups (broad SMARTS) is 1. The van der Waals surface area contributed by atoms with Gasteiger partial charge in [-0.1, -0.05) is 91.0 Å². The van der Waals surface area contributed by atoms with Crippen molar-refractivity contribution < 1.29 is 24.6 Å².